The third-order valence-corrected chi connectivity index (χ3v) is 4.36. The molecule has 0 amide bonds. The predicted octanol–water partition coefficient (Wildman–Crippen LogP) is 2.30. The van der Waals surface area contributed by atoms with E-state index in [2.05, 4.69) is 33.7 Å². The number of thiazole rings is 1. The molecule has 0 aliphatic carbocycles. The molecule has 18 heavy (non-hydrogen) atoms. The summed E-state index contributed by atoms with van der Waals surface area (Å²) in [6, 6.07) is 0. The highest BCUT2D eigenvalue weighted by Crippen LogP contribution is 2.23. The van der Waals surface area contributed by atoms with E-state index < -0.39 is 0 Å². The summed E-state index contributed by atoms with van der Waals surface area (Å²) in [5.41, 5.74) is 5.66. The Morgan fingerprint density at radius 2 is 2.39 bits per heavy atom. The second-order valence-electron chi connectivity index (χ2n) is 4.79. The van der Waals surface area contributed by atoms with Gasteiger partial charge in [0, 0.05) is 43.0 Å². The van der Waals surface area contributed by atoms with Crippen LogP contribution in [-0.2, 0) is 25.9 Å². The number of hydrogen-bond acceptors (Lipinski definition) is 4. The molecule has 0 bridgehead atoms. The topological polar surface area (TPSA) is 44.8 Å². The lowest BCUT2D eigenvalue weighted by atomic mass is 10.1. The number of aromatic nitrogens is 3. The van der Waals surface area contributed by atoms with E-state index in [9.17, 15) is 0 Å². The molecule has 96 valence electrons. The molecule has 0 aromatic carbocycles. The SMILES string of the molecule is CCc1nc(CN2CCc3ncsc3C2)c(C)[nH]1. The van der Waals surface area contributed by atoms with Gasteiger partial charge in [-0.1, -0.05) is 6.92 Å². The van der Waals surface area contributed by atoms with Crippen LogP contribution < -0.4 is 0 Å². The largest absolute Gasteiger partial charge is 0.346 e. The van der Waals surface area contributed by atoms with E-state index in [0.29, 0.717) is 0 Å². The van der Waals surface area contributed by atoms with E-state index in [4.69, 9.17) is 0 Å². The Morgan fingerprint density at radius 3 is 3.17 bits per heavy atom. The summed E-state index contributed by atoms with van der Waals surface area (Å²) < 4.78 is 0. The fourth-order valence-electron chi connectivity index (χ4n) is 2.40. The van der Waals surface area contributed by atoms with Gasteiger partial charge < -0.3 is 4.98 Å². The second kappa shape index (κ2) is 4.82. The Morgan fingerprint density at radius 1 is 1.50 bits per heavy atom. The molecule has 0 saturated heterocycles. The normalized spacial score (nSPS) is 15.9. The van der Waals surface area contributed by atoms with Gasteiger partial charge in [0.2, 0.25) is 0 Å². The molecule has 0 fully saturated rings. The van der Waals surface area contributed by atoms with Gasteiger partial charge in [0.25, 0.3) is 0 Å². The highest BCUT2D eigenvalue weighted by atomic mass is 32.1. The molecule has 3 rings (SSSR count). The Hall–Kier alpha value is -1.20. The maximum Gasteiger partial charge on any atom is 0.106 e. The van der Waals surface area contributed by atoms with Crippen LogP contribution >= 0.6 is 11.3 Å². The lowest BCUT2D eigenvalue weighted by Crippen LogP contribution is -2.29. The van der Waals surface area contributed by atoms with Gasteiger partial charge in [-0.3, -0.25) is 4.90 Å². The van der Waals surface area contributed by atoms with E-state index in [1.54, 1.807) is 11.3 Å². The van der Waals surface area contributed by atoms with Crippen molar-refractivity contribution in [1.29, 1.82) is 0 Å². The van der Waals surface area contributed by atoms with Crippen molar-refractivity contribution in [1.82, 2.24) is 19.9 Å². The van der Waals surface area contributed by atoms with E-state index in [-0.39, 0.29) is 0 Å². The van der Waals surface area contributed by atoms with Gasteiger partial charge in [-0.2, -0.15) is 0 Å². The summed E-state index contributed by atoms with van der Waals surface area (Å²) in [7, 11) is 0. The summed E-state index contributed by atoms with van der Waals surface area (Å²) in [5.74, 6) is 1.10. The Kier molecular flexibility index (Phi) is 3.18. The average molecular weight is 262 g/mol. The number of rotatable bonds is 3. The Bertz CT molecular complexity index is 543. The number of imidazole rings is 1. The molecule has 4 nitrogen and oxygen atoms in total. The Balaban J connectivity index is 1.72. The van der Waals surface area contributed by atoms with Crippen LogP contribution in [0.4, 0.5) is 0 Å². The first-order chi connectivity index (χ1) is 8.76. The molecular formula is C13H18N4S. The highest BCUT2D eigenvalue weighted by molar-refractivity contribution is 7.09. The molecule has 0 saturated carbocycles. The summed E-state index contributed by atoms with van der Waals surface area (Å²) in [6.07, 6.45) is 2.04. The number of nitrogens with one attached hydrogen (secondary N) is 1. The number of fused-ring (bicyclic) bond motifs is 1. The number of H-pyrrole nitrogens is 1. The minimum Gasteiger partial charge on any atom is -0.346 e. The molecule has 1 aliphatic rings. The third-order valence-electron chi connectivity index (χ3n) is 3.50. The molecular weight excluding hydrogens is 244 g/mol. The molecule has 2 aromatic rings. The smallest absolute Gasteiger partial charge is 0.106 e. The summed E-state index contributed by atoms with van der Waals surface area (Å²) in [4.78, 5) is 16.3. The zero-order valence-electron chi connectivity index (χ0n) is 10.9. The van der Waals surface area contributed by atoms with Crippen molar-refractivity contribution in [2.24, 2.45) is 0 Å². The van der Waals surface area contributed by atoms with Gasteiger partial charge in [-0.05, 0) is 6.92 Å². The van der Waals surface area contributed by atoms with Gasteiger partial charge in [0.05, 0.1) is 16.9 Å². The molecule has 2 aromatic heterocycles. The van der Waals surface area contributed by atoms with Gasteiger partial charge in [-0.15, -0.1) is 11.3 Å². The first-order valence-corrected chi connectivity index (χ1v) is 7.32. The van der Waals surface area contributed by atoms with Crippen LogP contribution in [0, 0.1) is 6.92 Å². The molecule has 1 N–H and O–H groups in total. The van der Waals surface area contributed by atoms with E-state index in [1.165, 1.54) is 22.0 Å². The minimum atomic E-state index is 0.944. The molecule has 0 atom stereocenters. The van der Waals surface area contributed by atoms with Crippen LogP contribution in [0.1, 0.15) is 34.7 Å². The van der Waals surface area contributed by atoms with Gasteiger partial charge in [-0.25, -0.2) is 9.97 Å². The van der Waals surface area contributed by atoms with Crippen LogP contribution in [0.3, 0.4) is 0 Å². The third kappa shape index (κ3) is 2.20. The number of aromatic amines is 1. The molecule has 3 heterocycles. The quantitative estimate of drug-likeness (QED) is 0.923. The zero-order chi connectivity index (χ0) is 12.5. The van der Waals surface area contributed by atoms with Crippen molar-refractivity contribution < 1.29 is 0 Å². The fourth-order valence-corrected chi connectivity index (χ4v) is 3.26. The molecule has 0 radical (unpaired) electrons. The van der Waals surface area contributed by atoms with E-state index in [0.717, 1.165) is 38.3 Å². The summed E-state index contributed by atoms with van der Waals surface area (Å²) >= 11 is 1.77. The fraction of sp³-hybridized carbons (Fsp3) is 0.538. The van der Waals surface area contributed by atoms with Gasteiger partial charge in [0.1, 0.15) is 5.82 Å². The first kappa shape index (κ1) is 11.9. The number of hydrogen-bond donors (Lipinski definition) is 1. The number of aryl methyl sites for hydroxylation is 2. The molecule has 1 aliphatic heterocycles. The monoisotopic (exact) mass is 262 g/mol. The van der Waals surface area contributed by atoms with Crippen LogP contribution in [0.15, 0.2) is 5.51 Å². The van der Waals surface area contributed by atoms with Crippen molar-refractivity contribution in [2.45, 2.75) is 39.8 Å². The highest BCUT2D eigenvalue weighted by Gasteiger charge is 2.20. The van der Waals surface area contributed by atoms with E-state index in [1.807, 2.05) is 5.51 Å². The lowest BCUT2D eigenvalue weighted by molar-refractivity contribution is 0.244. The number of nitrogens with zero attached hydrogens (tertiary/aromatic N) is 3. The van der Waals surface area contributed by atoms with Crippen molar-refractivity contribution in [3.8, 4) is 0 Å². The van der Waals surface area contributed by atoms with Gasteiger partial charge >= 0.3 is 0 Å². The van der Waals surface area contributed by atoms with Crippen LogP contribution in [-0.4, -0.2) is 26.4 Å². The van der Waals surface area contributed by atoms with Crippen molar-refractivity contribution in [3.05, 3.63) is 33.3 Å². The van der Waals surface area contributed by atoms with Crippen molar-refractivity contribution >= 4 is 11.3 Å². The molecule has 5 heteroatoms. The second-order valence-corrected chi connectivity index (χ2v) is 5.73. The van der Waals surface area contributed by atoms with Gasteiger partial charge in [0.15, 0.2) is 0 Å². The summed E-state index contributed by atoms with van der Waals surface area (Å²) in [5, 5.41) is 0. The average Bonchev–Trinajstić information content (AvgIpc) is 2.96. The molecule has 0 spiro atoms. The van der Waals surface area contributed by atoms with Crippen LogP contribution in [0.2, 0.25) is 0 Å². The first-order valence-electron chi connectivity index (χ1n) is 6.44. The lowest BCUT2D eigenvalue weighted by Gasteiger charge is -2.25. The van der Waals surface area contributed by atoms with Crippen molar-refractivity contribution in [2.75, 3.05) is 6.54 Å². The molecule has 0 unspecified atom stereocenters. The minimum absolute atomic E-state index is 0.944. The van der Waals surface area contributed by atoms with Crippen LogP contribution in [0.25, 0.3) is 0 Å². The van der Waals surface area contributed by atoms with Crippen molar-refractivity contribution in [3.63, 3.8) is 0 Å². The maximum absolute atomic E-state index is 4.66. The summed E-state index contributed by atoms with van der Waals surface area (Å²) in [6.45, 7) is 7.30. The zero-order valence-corrected chi connectivity index (χ0v) is 11.7. The maximum atomic E-state index is 4.66. The predicted molar refractivity (Wildman–Crippen MR) is 72.6 cm³/mol. The van der Waals surface area contributed by atoms with Crippen LogP contribution in [0.5, 0.6) is 0 Å². The standard InChI is InChI=1S/C13H18N4S/c1-3-13-15-9(2)11(16-13)6-17-5-4-10-12(7-17)18-8-14-10/h8H,3-7H2,1-2H3,(H,15,16). The van der Waals surface area contributed by atoms with E-state index >= 15 is 0 Å². The Labute approximate surface area is 111 Å².